The highest BCUT2D eigenvalue weighted by Crippen LogP contribution is 2.16. The summed E-state index contributed by atoms with van der Waals surface area (Å²) in [5, 5.41) is 11.8. The lowest BCUT2D eigenvalue weighted by atomic mass is 10.1. The van der Waals surface area contributed by atoms with Crippen LogP contribution in [0.15, 0.2) is 54.0 Å². The number of benzene rings is 1. The number of nitrogens with zero attached hydrogens (tertiary/aromatic N) is 3. The van der Waals surface area contributed by atoms with Gasteiger partial charge in [-0.1, -0.05) is 30.3 Å². The van der Waals surface area contributed by atoms with E-state index in [1.807, 2.05) is 17.5 Å². The van der Waals surface area contributed by atoms with Crippen molar-refractivity contribution in [1.29, 1.82) is 0 Å². The molecule has 0 unspecified atom stereocenters. The predicted octanol–water partition coefficient (Wildman–Crippen LogP) is 4.29. The summed E-state index contributed by atoms with van der Waals surface area (Å²) in [4.78, 5) is 20.1. The van der Waals surface area contributed by atoms with Crippen LogP contribution in [0.25, 0.3) is 10.8 Å². The quantitative estimate of drug-likeness (QED) is 0.627. The van der Waals surface area contributed by atoms with Crippen LogP contribution in [0.5, 0.6) is 0 Å². The highest BCUT2D eigenvalue weighted by atomic mass is 32.1. The molecule has 1 aliphatic heterocycles. The summed E-state index contributed by atoms with van der Waals surface area (Å²) in [6.07, 6.45) is -1.90. The number of aromatic nitrogens is 1. The Morgan fingerprint density at radius 3 is 2.29 bits per heavy atom. The molecular formula is C22H24F3N3O2S. The Balaban J connectivity index is 0.000000339. The second-order valence-corrected chi connectivity index (χ2v) is 8.31. The minimum Gasteiger partial charge on any atom is -0.475 e. The molecule has 3 aromatic rings. The van der Waals surface area contributed by atoms with Gasteiger partial charge >= 0.3 is 12.1 Å². The van der Waals surface area contributed by atoms with Gasteiger partial charge in [-0.15, -0.1) is 11.3 Å². The fourth-order valence-corrected chi connectivity index (χ4v) is 4.04. The average Bonchev–Trinajstić information content (AvgIpc) is 3.27. The molecule has 0 aliphatic carbocycles. The number of rotatable bonds is 5. The summed E-state index contributed by atoms with van der Waals surface area (Å²) in [6, 6.07) is 15.1. The molecule has 3 heterocycles. The molecule has 1 aromatic carbocycles. The van der Waals surface area contributed by atoms with Gasteiger partial charge in [-0.05, 0) is 29.3 Å². The van der Waals surface area contributed by atoms with Crippen LogP contribution < -0.4 is 0 Å². The van der Waals surface area contributed by atoms with E-state index in [0.717, 1.165) is 19.6 Å². The summed E-state index contributed by atoms with van der Waals surface area (Å²) in [5.41, 5.74) is 1.18. The zero-order valence-corrected chi connectivity index (χ0v) is 17.7. The van der Waals surface area contributed by atoms with Crippen molar-refractivity contribution in [2.45, 2.75) is 19.1 Å². The maximum absolute atomic E-state index is 10.6. The Morgan fingerprint density at radius 2 is 1.68 bits per heavy atom. The lowest BCUT2D eigenvalue weighted by Gasteiger charge is -2.34. The molecule has 0 atom stereocenters. The van der Waals surface area contributed by atoms with E-state index in [1.165, 1.54) is 47.4 Å². The smallest absolute Gasteiger partial charge is 0.475 e. The predicted molar refractivity (Wildman–Crippen MR) is 115 cm³/mol. The van der Waals surface area contributed by atoms with Crippen molar-refractivity contribution in [3.05, 3.63) is 64.6 Å². The Bertz CT molecular complexity index is 972. The molecule has 166 valence electrons. The van der Waals surface area contributed by atoms with E-state index >= 15 is 0 Å². The number of alkyl halides is 3. The Hall–Kier alpha value is -2.49. The van der Waals surface area contributed by atoms with Gasteiger partial charge in [-0.3, -0.25) is 9.88 Å². The van der Waals surface area contributed by atoms with Crippen LogP contribution in [0, 0.1) is 0 Å². The van der Waals surface area contributed by atoms with E-state index in [-0.39, 0.29) is 0 Å². The van der Waals surface area contributed by atoms with Crippen LogP contribution in [0.1, 0.15) is 10.6 Å². The molecule has 1 aliphatic rings. The summed E-state index contributed by atoms with van der Waals surface area (Å²) in [5.74, 6) is -2.76. The van der Waals surface area contributed by atoms with E-state index in [1.54, 1.807) is 0 Å². The number of carboxylic acid groups (broad SMARTS) is 1. The van der Waals surface area contributed by atoms with Gasteiger partial charge in [0.05, 0.1) is 5.69 Å². The van der Waals surface area contributed by atoms with Gasteiger partial charge in [-0.2, -0.15) is 13.2 Å². The van der Waals surface area contributed by atoms with Crippen molar-refractivity contribution in [1.82, 2.24) is 14.8 Å². The number of aliphatic carboxylic acids is 1. The molecule has 1 N–H and O–H groups in total. The molecule has 1 saturated heterocycles. The molecule has 9 heteroatoms. The number of fused-ring (bicyclic) bond motifs is 1. The zero-order chi connectivity index (χ0) is 22.3. The SMILES string of the molecule is O=C(O)C(F)(F)F.c1csc(CCN2CCN(Cc3cc4ccccc4cn3)CC2)c1. The van der Waals surface area contributed by atoms with Gasteiger partial charge in [0, 0.05) is 55.7 Å². The number of halogens is 3. The molecule has 1 fully saturated rings. The Kier molecular flexibility index (Phi) is 8.00. The van der Waals surface area contributed by atoms with E-state index in [9.17, 15) is 13.2 Å². The molecule has 0 amide bonds. The maximum Gasteiger partial charge on any atom is 0.490 e. The number of hydrogen-bond acceptors (Lipinski definition) is 5. The molecular weight excluding hydrogens is 427 g/mol. The van der Waals surface area contributed by atoms with Gasteiger partial charge < -0.3 is 10.0 Å². The third-order valence-electron chi connectivity index (χ3n) is 5.04. The summed E-state index contributed by atoms with van der Waals surface area (Å²) in [7, 11) is 0. The van der Waals surface area contributed by atoms with Crippen LogP contribution in [0.3, 0.4) is 0 Å². The fourth-order valence-electron chi connectivity index (χ4n) is 3.34. The first-order valence-electron chi connectivity index (χ1n) is 9.92. The number of pyridine rings is 1. The van der Waals surface area contributed by atoms with Crippen LogP contribution in [-0.2, 0) is 17.8 Å². The summed E-state index contributed by atoms with van der Waals surface area (Å²) >= 11 is 1.87. The summed E-state index contributed by atoms with van der Waals surface area (Å²) < 4.78 is 31.7. The lowest BCUT2D eigenvalue weighted by molar-refractivity contribution is -0.192. The molecule has 0 bridgehead atoms. The van der Waals surface area contributed by atoms with Crippen molar-refractivity contribution < 1.29 is 23.1 Å². The Morgan fingerprint density at radius 1 is 1.03 bits per heavy atom. The van der Waals surface area contributed by atoms with Gasteiger partial charge in [-0.25, -0.2) is 4.79 Å². The number of carbonyl (C=O) groups is 1. The van der Waals surface area contributed by atoms with Crippen molar-refractivity contribution in [2.75, 3.05) is 32.7 Å². The van der Waals surface area contributed by atoms with Gasteiger partial charge in [0.15, 0.2) is 0 Å². The van der Waals surface area contributed by atoms with Gasteiger partial charge in [0.1, 0.15) is 0 Å². The zero-order valence-electron chi connectivity index (χ0n) is 16.9. The van der Waals surface area contributed by atoms with Crippen LogP contribution in [-0.4, -0.2) is 64.8 Å². The van der Waals surface area contributed by atoms with Crippen molar-refractivity contribution in [3.8, 4) is 0 Å². The van der Waals surface area contributed by atoms with Crippen LogP contribution in [0.4, 0.5) is 13.2 Å². The Labute approximate surface area is 182 Å². The topological polar surface area (TPSA) is 56.7 Å². The normalized spacial score (nSPS) is 15.5. The van der Waals surface area contributed by atoms with Crippen molar-refractivity contribution in [2.24, 2.45) is 0 Å². The molecule has 0 radical (unpaired) electrons. The first kappa shape index (κ1) is 23.2. The van der Waals surface area contributed by atoms with E-state index in [2.05, 4.69) is 62.6 Å². The number of carboxylic acids is 1. The highest BCUT2D eigenvalue weighted by molar-refractivity contribution is 7.09. The van der Waals surface area contributed by atoms with Crippen molar-refractivity contribution >= 4 is 28.1 Å². The second kappa shape index (κ2) is 10.7. The monoisotopic (exact) mass is 451 g/mol. The van der Waals surface area contributed by atoms with Crippen LogP contribution in [0.2, 0.25) is 0 Å². The average molecular weight is 452 g/mol. The van der Waals surface area contributed by atoms with E-state index in [0.29, 0.717) is 0 Å². The minimum absolute atomic E-state index is 0.962. The molecule has 2 aromatic heterocycles. The van der Waals surface area contributed by atoms with Crippen LogP contribution >= 0.6 is 11.3 Å². The molecule has 5 nitrogen and oxygen atoms in total. The van der Waals surface area contributed by atoms with E-state index < -0.39 is 12.1 Å². The summed E-state index contributed by atoms with van der Waals surface area (Å²) in [6.45, 7) is 6.75. The van der Waals surface area contributed by atoms with Crippen molar-refractivity contribution in [3.63, 3.8) is 0 Å². The number of piperazine rings is 1. The minimum atomic E-state index is -5.08. The third-order valence-corrected chi connectivity index (χ3v) is 5.97. The number of thiophene rings is 1. The maximum atomic E-state index is 10.6. The number of hydrogen-bond donors (Lipinski definition) is 1. The first-order chi connectivity index (χ1) is 14.8. The van der Waals surface area contributed by atoms with E-state index in [4.69, 9.17) is 9.90 Å². The third kappa shape index (κ3) is 7.30. The first-order valence-corrected chi connectivity index (χ1v) is 10.8. The molecule has 0 saturated carbocycles. The standard InChI is InChI=1S/C20H23N3S.C2HF3O2/c1-2-5-18-15-21-19(14-17(18)4-1)16-23-11-9-22(10-12-23)8-7-20-6-3-13-24-20;3-2(4,5)1(6)7/h1-6,13-15H,7-12,16H2;(H,6,7). The fraction of sp³-hybridized carbons (Fsp3) is 0.364. The second-order valence-electron chi connectivity index (χ2n) is 7.27. The van der Waals surface area contributed by atoms with Gasteiger partial charge in [0.25, 0.3) is 0 Å². The molecule has 31 heavy (non-hydrogen) atoms. The largest absolute Gasteiger partial charge is 0.490 e. The van der Waals surface area contributed by atoms with Gasteiger partial charge in [0.2, 0.25) is 0 Å². The highest BCUT2D eigenvalue weighted by Gasteiger charge is 2.38. The lowest BCUT2D eigenvalue weighted by Crippen LogP contribution is -2.46. The molecule has 0 spiro atoms. The molecule has 4 rings (SSSR count).